The van der Waals surface area contributed by atoms with Gasteiger partial charge < -0.3 is 4.74 Å². The highest BCUT2D eigenvalue weighted by Gasteiger charge is 2.31. The molecule has 116 valence electrons. The maximum absolute atomic E-state index is 11.5. The number of rotatable bonds is 11. The van der Waals surface area contributed by atoms with Crippen LogP contribution in [-0.4, -0.2) is 34.6 Å². The molecular weight excluding hydrogens is 256 g/mol. The first-order valence-corrected chi connectivity index (χ1v) is 10.1. The van der Waals surface area contributed by atoms with Crippen molar-refractivity contribution >= 4 is 15.8 Å². The predicted molar refractivity (Wildman–Crippen MR) is 88.4 cm³/mol. The number of hydrogen-bond acceptors (Lipinski definition) is 2. The summed E-state index contributed by atoms with van der Waals surface area (Å²) in [5.41, 5.74) is -0.220. The lowest BCUT2D eigenvalue weighted by Gasteiger charge is -2.42. The van der Waals surface area contributed by atoms with E-state index in [0.717, 1.165) is 18.8 Å². The average Bonchev–Trinajstić information content (AvgIpc) is 2.41. The topological polar surface area (TPSA) is 26.3 Å². The molecule has 0 aliphatic rings. The van der Waals surface area contributed by atoms with Crippen molar-refractivity contribution in [3.05, 3.63) is 0 Å². The number of hydrogen-bond donors (Lipinski definition) is 0. The Morgan fingerprint density at radius 1 is 1.05 bits per heavy atom. The van der Waals surface area contributed by atoms with E-state index in [0.29, 0.717) is 6.42 Å². The molecule has 2 nitrogen and oxygen atoms in total. The summed E-state index contributed by atoms with van der Waals surface area (Å²) in [5.74, 6) is 4.89. The van der Waals surface area contributed by atoms with Gasteiger partial charge in [-0.05, 0) is 43.4 Å². The van der Waals surface area contributed by atoms with E-state index in [4.69, 9.17) is 4.74 Å². The van der Waals surface area contributed by atoms with Crippen LogP contribution in [0.4, 0.5) is 0 Å². The van der Waals surface area contributed by atoms with Crippen LogP contribution in [0.2, 0.25) is 0 Å². The fourth-order valence-corrected chi connectivity index (χ4v) is 5.41. The van der Waals surface area contributed by atoms with E-state index in [1.165, 1.54) is 23.7 Å². The molecule has 0 unspecified atom stereocenters. The molecule has 0 spiro atoms. The summed E-state index contributed by atoms with van der Waals surface area (Å²) in [4.78, 5) is 11.5. The van der Waals surface area contributed by atoms with Gasteiger partial charge in [-0.15, -0.1) is 0 Å². The number of carbonyl (C=O) groups is 1. The van der Waals surface area contributed by atoms with Gasteiger partial charge in [-0.3, -0.25) is 4.79 Å². The van der Waals surface area contributed by atoms with E-state index < -0.39 is 10.0 Å². The SMILES string of the molecule is CCCS(CC)(CC)COC(CC)(CC)CC(C)=O. The van der Waals surface area contributed by atoms with E-state index in [9.17, 15) is 4.79 Å². The Morgan fingerprint density at radius 3 is 1.89 bits per heavy atom. The monoisotopic (exact) mass is 290 g/mol. The van der Waals surface area contributed by atoms with Crippen molar-refractivity contribution in [3.63, 3.8) is 0 Å². The number of carbonyl (C=O) groups excluding carboxylic acids is 1. The Kier molecular flexibility index (Phi) is 9.01. The standard InChI is InChI=1S/C16H34O2S/c1-7-12-19(10-4,11-5)14-18-16(8-2,9-3)13-15(6)17/h7-14H2,1-6H3. The van der Waals surface area contributed by atoms with Gasteiger partial charge in [-0.1, -0.05) is 34.6 Å². The Balaban J connectivity index is 4.80. The van der Waals surface area contributed by atoms with E-state index in [1.54, 1.807) is 6.92 Å². The minimum atomic E-state index is -0.645. The minimum absolute atomic E-state index is 0.220. The summed E-state index contributed by atoms with van der Waals surface area (Å²) in [6.45, 7) is 12.8. The second-order valence-electron chi connectivity index (χ2n) is 5.54. The molecule has 0 fully saturated rings. The normalized spacial score (nSPS) is 13.6. The molecule has 19 heavy (non-hydrogen) atoms. The molecule has 3 heteroatoms. The molecule has 0 saturated carbocycles. The van der Waals surface area contributed by atoms with Crippen LogP contribution in [0.15, 0.2) is 0 Å². The Hall–Kier alpha value is -0.0200. The zero-order valence-electron chi connectivity index (χ0n) is 13.9. The zero-order chi connectivity index (χ0) is 14.9. The van der Waals surface area contributed by atoms with Crippen LogP contribution in [0, 0.1) is 0 Å². The number of Topliss-reactive ketones (excluding diaryl/α,β-unsaturated/α-hetero) is 1. The lowest BCUT2D eigenvalue weighted by molar-refractivity contribution is -0.124. The van der Waals surface area contributed by atoms with Crippen molar-refractivity contribution in [1.82, 2.24) is 0 Å². The molecule has 0 N–H and O–H groups in total. The lowest BCUT2D eigenvalue weighted by Crippen LogP contribution is -2.35. The number of ether oxygens (including phenoxy) is 1. The van der Waals surface area contributed by atoms with Gasteiger partial charge in [-0.2, -0.15) is 0 Å². The third kappa shape index (κ3) is 5.86. The molecule has 0 bridgehead atoms. The van der Waals surface area contributed by atoms with Crippen molar-refractivity contribution in [3.8, 4) is 0 Å². The molecule has 0 aromatic rings. The second-order valence-corrected chi connectivity index (χ2v) is 9.79. The third-order valence-electron chi connectivity index (χ3n) is 4.34. The maximum Gasteiger partial charge on any atom is 0.132 e. The fourth-order valence-electron chi connectivity index (χ4n) is 2.61. The molecule has 0 aliphatic heterocycles. The van der Waals surface area contributed by atoms with Gasteiger partial charge >= 0.3 is 0 Å². The Labute approximate surface area is 122 Å². The highest BCUT2D eigenvalue weighted by atomic mass is 32.3. The largest absolute Gasteiger partial charge is 0.365 e. The molecule has 0 saturated heterocycles. The van der Waals surface area contributed by atoms with Crippen LogP contribution in [0.5, 0.6) is 0 Å². The maximum atomic E-state index is 11.5. The van der Waals surface area contributed by atoms with Crippen LogP contribution in [0.1, 0.15) is 67.2 Å². The van der Waals surface area contributed by atoms with E-state index in [-0.39, 0.29) is 11.4 Å². The summed E-state index contributed by atoms with van der Waals surface area (Å²) in [7, 11) is -0.645. The van der Waals surface area contributed by atoms with Crippen LogP contribution < -0.4 is 0 Å². The Bertz CT molecular complexity index is 255. The Morgan fingerprint density at radius 2 is 1.58 bits per heavy atom. The molecule has 0 radical (unpaired) electrons. The second kappa shape index (κ2) is 9.02. The van der Waals surface area contributed by atoms with Gasteiger partial charge in [0.1, 0.15) is 5.78 Å². The molecule has 0 aromatic carbocycles. The van der Waals surface area contributed by atoms with Crippen LogP contribution >= 0.6 is 10.0 Å². The van der Waals surface area contributed by atoms with Crippen LogP contribution in [0.3, 0.4) is 0 Å². The average molecular weight is 291 g/mol. The van der Waals surface area contributed by atoms with E-state index in [2.05, 4.69) is 34.6 Å². The summed E-state index contributed by atoms with van der Waals surface area (Å²) in [6.07, 6.45) is 3.66. The van der Waals surface area contributed by atoms with Crippen molar-refractivity contribution in [2.24, 2.45) is 0 Å². The van der Waals surface area contributed by atoms with Gasteiger partial charge in [0.05, 0.1) is 11.5 Å². The summed E-state index contributed by atoms with van der Waals surface area (Å²) in [6, 6.07) is 0. The predicted octanol–water partition coefficient (Wildman–Crippen LogP) is 4.75. The molecule has 0 rings (SSSR count). The summed E-state index contributed by atoms with van der Waals surface area (Å²) in [5, 5.41) is 0. The molecular formula is C16H34O2S. The van der Waals surface area contributed by atoms with E-state index >= 15 is 0 Å². The first-order chi connectivity index (χ1) is 8.93. The summed E-state index contributed by atoms with van der Waals surface area (Å²) < 4.78 is 6.35. The lowest BCUT2D eigenvalue weighted by atomic mass is 9.91. The molecule has 0 atom stereocenters. The zero-order valence-corrected chi connectivity index (χ0v) is 14.7. The van der Waals surface area contributed by atoms with Gasteiger partial charge in [0.2, 0.25) is 0 Å². The number of ketones is 1. The van der Waals surface area contributed by atoms with Gasteiger partial charge in [-0.25, -0.2) is 10.0 Å². The first kappa shape index (κ1) is 19.0. The molecule has 0 aliphatic carbocycles. The van der Waals surface area contributed by atoms with Gasteiger partial charge in [0.15, 0.2) is 0 Å². The third-order valence-corrected chi connectivity index (χ3v) is 8.68. The molecule has 0 aromatic heterocycles. The van der Waals surface area contributed by atoms with Gasteiger partial charge in [0, 0.05) is 6.42 Å². The van der Waals surface area contributed by atoms with Crippen molar-refractivity contribution in [2.75, 3.05) is 23.2 Å². The van der Waals surface area contributed by atoms with Gasteiger partial charge in [0.25, 0.3) is 0 Å². The van der Waals surface area contributed by atoms with Crippen molar-refractivity contribution in [2.45, 2.75) is 72.8 Å². The van der Waals surface area contributed by atoms with Crippen LogP contribution in [0.25, 0.3) is 0 Å². The van der Waals surface area contributed by atoms with Crippen molar-refractivity contribution < 1.29 is 9.53 Å². The minimum Gasteiger partial charge on any atom is -0.365 e. The smallest absolute Gasteiger partial charge is 0.132 e. The summed E-state index contributed by atoms with van der Waals surface area (Å²) >= 11 is 0. The highest BCUT2D eigenvalue weighted by molar-refractivity contribution is 8.33. The highest BCUT2D eigenvalue weighted by Crippen LogP contribution is 2.49. The fraction of sp³-hybridized carbons (Fsp3) is 0.938. The molecule has 0 heterocycles. The van der Waals surface area contributed by atoms with E-state index in [1.807, 2.05) is 0 Å². The van der Waals surface area contributed by atoms with Crippen molar-refractivity contribution in [1.29, 1.82) is 0 Å². The van der Waals surface area contributed by atoms with Crippen LogP contribution in [-0.2, 0) is 9.53 Å². The first-order valence-electron chi connectivity index (χ1n) is 7.80. The molecule has 0 amide bonds. The quantitative estimate of drug-likeness (QED) is 0.549.